The lowest BCUT2D eigenvalue weighted by molar-refractivity contribution is -0.185. The molecular formula is C17H18F3N3OS. The van der Waals surface area contributed by atoms with E-state index in [0.29, 0.717) is 18.0 Å². The Morgan fingerprint density at radius 1 is 1.32 bits per heavy atom. The van der Waals surface area contributed by atoms with Gasteiger partial charge in [-0.25, -0.2) is 4.98 Å². The average molecular weight is 369 g/mol. The van der Waals surface area contributed by atoms with Crippen LogP contribution in [-0.4, -0.2) is 22.1 Å². The van der Waals surface area contributed by atoms with Gasteiger partial charge in [-0.1, -0.05) is 23.8 Å². The molecule has 0 bridgehead atoms. The maximum Gasteiger partial charge on any atom is 0.391 e. The maximum atomic E-state index is 12.9. The van der Waals surface area contributed by atoms with Crippen LogP contribution in [0.1, 0.15) is 31.4 Å². The zero-order valence-electron chi connectivity index (χ0n) is 13.6. The molecule has 2 aromatic rings. The van der Waals surface area contributed by atoms with Crippen molar-refractivity contribution in [2.24, 2.45) is 11.8 Å². The van der Waals surface area contributed by atoms with Crippen molar-refractivity contribution in [1.82, 2.24) is 9.97 Å². The molecule has 1 fully saturated rings. The first-order valence-corrected chi connectivity index (χ1v) is 8.92. The van der Waals surface area contributed by atoms with Crippen molar-refractivity contribution in [1.29, 1.82) is 0 Å². The van der Waals surface area contributed by atoms with E-state index < -0.39 is 18.0 Å². The van der Waals surface area contributed by atoms with Gasteiger partial charge in [0.2, 0.25) is 5.91 Å². The number of nitrogens with one attached hydrogen (secondary N) is 1. The molecule has 1 saturated carbocycles. The number of aryl methyl sites for hydroxylation is 1. The summed E-state index contributed by atoms with van der Waals surface area (Å²) >= 11 is 1.28. The lowest BCUT2D eigenvalue weighted by atomic mass is 9.80. The lowest BCUT2D eigenvalue weighted by Crippen LogP contribution is -2.34. The molecule has 1 N–H and O–H groups in total. The molecule has 2 unspecified atom stereocenters. The number of rotatable bonds is 3. The number of carbonyl (C=O) groups is 1. The van der Waals surface area contributed by atoms with E-state index in [0.717, 1.165) is 16.3 Å². The van der Waals surface area contributed by atoms with Crippen LogP contribution in [0.2, 0.25) is 0 Å². The monoisotopic (exact) mass is 369 g/mol. The van der Waals surface area contributed by atoms with Crippen LogP contribution in [0.25, 0.3) is 10.6 Å². The first-order valence-electron chi connectivity index (χ1n) is 8.11. The Balaban J connectivity index is 1.69. The molecule has 0 spiro atoms. The van der Waals surface area contributed by atoms with Crippen molar-refractivity contribution in [2.75, 3.05) is 5.32 Å². The zero-order chi connectivity index (χ0) is 18.0. The van der Waals surface area contributed by atoms with Gasteiger partial charge in [0, 0.05) is 12.1 Å². The molecule has 8 heteroatoms. The summed E-state index contributed by atoms with van der Waals surface area (Å²) in [5, 5.41) is 3.09. The number of pyridine rings is 1. The van der Waals surface area contributed by atoms with Gasteiger partial charge in [-0.15, -0.1) is 0 Å². The SMILES string of the molecule is Cc1nc(NC(=O)C2CCCC(C(F)(F)F)C2)sc1-c1ccccn1. The number of amides is 1. The highest BCUT2D eigenvalue weighted by Crippen LogP contribution is 2.40. The molecule has 1 aliphatic carbocycles. The summed E-state index contributed by atoms with van der Waals surface area (Å²) in [4.78, 5) is 21.8. The van der Waals surface area contributed by atoms with Crippen molar-refractivity contribution in [3.8, 4) is 10.6 Å². The Bertz CT molecular complexity index is 745. The molecule has 2 atom stereocenters. The molecule has 1 amide bonds. The lowest BCUT2D eigenvalue weighted by Gasteiger charge is -2.29. The number of alkyl halides is 3. The molecule has 3 rings (SSSR count). The second-order valence-corrected chi connectivity index (χ2v) is 7.24. The van der Waals surface area contributed by atoms with Crippen LogP contribution in [0.5, 0.6) is 0 Å². The molecule has 0 saturated heterocycles. The van der Waals surface area contributed by atoms with Gasteiger partial charge in [-0.2, -0.15) is 13.2 Å². The quantitative estimate of drug-likeness (QED) is 0.844. The largest absolute Gasteiger partial charge is 0.391 e. The molecule has 4 nitrogen and oxygen atoms in total. The third kappa shape index (κ3) is 4.18. The van der Waals surface area contributed by atoms with E-state index in [1.165, 1.54) is 11.3 Å². The minimum atomic E-state index is -4.23. The molecule has 0 aromatic carbocycles. The van der Waals surface area contributed by atoms with E-state index in [4.69, 9.17) is 0 Å². The topological polar surface area (TPSA) is 54.9 Å². The highest BCUT2D eigenvalue weighted by atomic mass is 32.1. The third-order valence-electron chi connectivity index (χ3n) is 4.43. The number of carbonyl (C=O) groups excluding carboxylic acids is 1. The summed E-state index contributed by atoms with van der Waals surface area (Å²) < 4.78 is 38.7. The predicted molar refractivity (Wildman–Crippen MR) is 90.2 cm³/mol. The molecule has 1 aliphatic rings. The van der Waals surface area contributed by atoms with Crippen molar-refractivity contribution >= 4 is 22.4 Å². The standard InChI is InChI=1S/C17H18F3N3OS/c1-10-14(13-7-2-3-8-21-13)25-16(22-10)23-15(24)11-5-4-6-12(9-11)17(18,19)20/h2-3,7-8,11-12H,4-6,9H2,1H3,(H,22,23,24). The van der Waals surface area contributed by atoms with Crippen LogP contribution >= 0.6 is 11.3 Å². The average Bonchev–Trinajstić information content (AvgIpc) is 2.95. The number of anilines is 1. The minimum Gasteiger partial charge on any atom is -0.302 e. The van der Waals surface area contributed by atoms with Gasteiger partial charge in [-0.05, 0) is 38.3 Å². The van der Waals surface area contributed by atoms with Crippen molar-refractivity contribution < 1.29 is 18.0 Å². The van der Waals surface area contributed by atoms with Crippen LogP contribution in [0.4, 0.5) is 18.3 Å². The highest BCUT2D eigenvalue weighted by molar-refractivity contribution is 7.19. The fourth-order valence-electron chi connectivity index (χ4n) is 3.12. The van der Waals surface area contributed by atoms with Crippen molar-refractivity contribution in [3.05, 3.63) is 30.1 Å². The van der Waals surface area contributed by atoms with Crippen LogP contribution in [-0.2, 0) is 4.79 Å². The van der Waals surface area contributed by atoms with Gasteiger partial charge in [0.05, 0.1) is 22.2 Å². The fourth-order valence-corrected chi connectivity index (χ4v) is 4.06. The summed E-state index contributed by atoms with van der Waals surface area (Å²) in [6.45, 7) is 1.82. The Morgan fingerprint density at radius 2 is 2.12 bits per heavy atom. The number of hydrogen-bond acceptors (Lipinski definition) is 4. The van der Waals surface area contributed by atoms with Gasteiger partial charge in [-0.3, -0.25) is 9.78 Å². The molecule has 25 heavy (non-hydrogen) atoms. The van der Waals surface area contributed by atoms with E-state index >= 15 is 0 Å². The van der Waals surface area contributed by atoms with E-state index in [9.17, 15) is 18.0 Å². The summed E-state index contributed by atoms with van der Waals surface area (Å²) in [6, 6.07) is 5.52. The van der Waals surface area contributed by atoms with Gasteiger partial charge in [0.15, 0.2) is 5.13 Å². The smallest absolute Gasteiger partial charge is 0.302 e. The Labute approximate surface area is 147 Å². The van der Waals surface area contributed by atoms with Gasteiger partial charge in [0.25, 0.3) is 0 Å². The van der Waals surface area contributed by atoms with Crippen LogP contribution in [0.3, 0.4) is 0 Å². The van der Waals surface area contributed by atoms with Gasteiger partial charge in [0.1, 0.15) is 0 Å². The Morgan fingerprint density at radius 3 is 2.80 bits per heavy atom. The number of halogens is 3. The number of thiazole rings is 1. The van der Waals surface area contributed by atoms with Gasteiger partial charge >= 0.3 is 6.18 Å². The second kappa shape index (κ2) is 7.11. The van der Waals surface area contributed by atoms with E-state index in [1.807, 2.05) is 25.1 Å². The Kier molecular flexibility index (Phi) is 5.08. The molecular weight excluding hydrogens is 351 g/mol. The highest BCUT2D eigenvalue weighted by Gasteiger charge is 2.43. The normalized spacial score (nSPS) is 21.1. The first-order chi connectivity index (χ1) is 11.8. The number of nitrogens with zero attached hydrogens (tertiary/aromatic N) is 2. The summed E-state index contributed by atoms with van der Waals surface area (Å²) in [5.41, 5.74) is 1.49. The number of hydrogen-bond donors (Lipinski definition) is 1. The van der Waals surface area contributed by atoms with Crippen LogP contribution < -0.4 is 5.32 Å². The van der Waals surface area contributed by atoms with Crippen LogP contribution in [0, 0.1) is 18.8 Å². The van der Waals surface area contributed by atoms with E-state index in [2.05, 4.69) is 15.3 Å². The zero-order valence-corrected chi connectivity index (χ0v) is 14.5. The van der Waals surface area contributed by atoms with E-state index in [1.54, 1.807) is 6.20 Å². The molecule has 134 valence electrons. The maximum absolute atomic E-state index is 12.9. The first kappa shape index (κ1) is 17.8. The summed E-state index contributed by atoms with van der Waals surface area (Å²) in [5.74, 6) is -2.39. The van der Waals surface area contributed by atoms with Crippen LogP contribution in [0.15, 0.2) is 24.4 Å². The second-order valence-electron chi connectivity index (χ2n) is 6.24. The number of aromatic nitrogens is 2. The van der Waals surface area contributed by atoms with Crippen molar-refractivity contribution in [3.63, 3.8) is 0 Å². The molecule has 0 aliphatic heterocycles. The Hall–Kier alpha value is -1.96. The van der Waals surface area contributed by atoms with E-state index in [-0.39, 0.29) is 18.7 Å². The molecule has 2 aromatic heterocycles. The summed E-state index contributed by atoms with van der Waals surface area (Å²) in [7, 11) is 0. The summed E-state index contributed by atoms with van der Waals surface area (Å²) in [6.07, 6.45) is -1.70. The van der Waals surface area contributed by atoms with Gasteiger partial charge < -0.3 is 5.32 Å². The molecule has 2 heterocycles. The minimum absolute atomic E-state index is 0.105. The fraction of sp³-hybridized carbons (Fsp3) is 0.471. The predicted octanol–water partition coefficient (Wildman–Crippen LogP) is 4.82. The van der Waals surface area contributed by atoms with Crippen molar-refractivity contribution in [2.45, 2.75) is 38.8 Å². The molecule has 0 radical (unpaired) electrons. The third-order valence-corrected chi connectivity index (χ3v) is 5.53.